The normalized spacial score (nSPS) is 23.5. The molecule has 1 saturated heterocycles. The van der Waals surface area contributed by atoms with Gasteiger partial charge in [0.15, 0.2) is 0 Å². The van der Waals surface area contributed by atoms with E-state index >= 15 is 0 Å². The molecule has 102 valence electrons. The van der Waals surface area contributed by atoms with E-state index in [0.717, 1.165) is 18.8 Å². The van der Waals surface area contributed by atoms with E-state index in [0.29, 0.717) is 24.1 Å². The van der Waals surface area contributed by atoms with Crippen LogP contribution in [0.1, 0.15) is 47.8 Å². The Kier molecular flexibility index (Phi) is 3.46. The number of likely N-dealkylation sites (tertiary alicyclic amines) is 1. The molecule has 3 rings (SSSR count). The molecular weight excluding hydrogens is 240 g/mol. The molecule has 0 bridgehead atoms. The van der Waals surface area contributed by atoms with Gasteiger partial charge in [-0.25, -0.2) is 9.97 Å². The van der Waals surface area contributed by atoms with Crippen molar-refractivity contribution < 1.29 is 4.79 Å². The summed E-state index contributed by atoms with van der Waals surface area (Å²) in [4.78, 5) is 22.8. The number of nitrogens with zero attached hydrogens (tertiary/aromatic N) is 3. The van der Waals surface area contributed by atoms with Gasteiger partial charge in [-0.2, -0.15) is 0 Å². The molecule has 5 nitrogen and oxygen atoms in total. The Hall–Kier alpha value is -1.49. The maximum atomic E-state index is 12.0. The SMILES string of the molecule is CN1CCCC1CNC(=O)c1cnc(C2CC2)nc1. The van der Waals surface area contributed by atoms with E-state index in [2.05, 4.69) is 27.2 Å². The Morgan fingerprint density at radius 2 is 2.11 bits per heavy atom. The second-order valence-electron chi connectivity index (χ2n) is 5.59. The van der Waals surface area contributed by atoms with Gasteiger partial charge in [-0.3, -0.25) is 4.79 Å². The third-order valence-corrected chi connectivity index (χ3v) is 4.05. The monoisotopic (exact) mass is 260 g/mol. The van der Waals surface area contributed by atoms with Crippen LogP contribution < -0.4 is 5.32 Å². The van der Waals surface area contributed by atoms with Gasteiger partial charge in [-0.15, -0.1) is 0 Å². The third kappa shape index (κ3) is 2.92. The number of hydrogen-bond acceptors (Lipinski definition) is 4. The zero-order valence-electron chi connectivity index (χ0n) is 11.3. The topological polar surface area (TPSA) is 58.1 Å². The largest absolute Gasteiger partial charge is 0.350 e. The van der Waals surface area contributed by atoms with Gasteiger partial charge in [0.2, 0.25) is 0 Å². The van der Waals surface area contributed by atoms with Crippen LogP contribution in [0.3, 0.4) is 0 Å². The number of nitrogens with one attached hydrogen (secondary N) is 1. The summed E-state index contributed by atoms with van der Waals surface area (Å²) in [6.07, 6.45) is 8.03. The van der Waals surface area contributed by atoms with Gasteiger partial charge in [0.05, 0.1) is 5.56 Å². The fraction of sp³-hybridized carbons (Fsp3) is 0.643. The molecule has 1 atom stereocenters. The summed E-state index contributed by atoms with van der Waals surface area (Å²) in [5.41, 5.74) is 0.560. The standard InChI is InChI=1S/C14H20N4O/c1-18-6-2-3-12(18)9-17-14(19)11-7-15-13(16-8-11)10-4-5-10/h7-8,10,12H,2-6,9H2,1H3,(H,17,19). The smallest absolute Gasteiger partial charge is 0.254 e. The molecule has 0 spiro atoms. The first kappa shape index (κ1) is 12.5. The fourth-order valence-electron chi connectivity index (χ4n) is 2.56. The lowest BCUT2D eigenvalue weighted by atomic mass is 10.2. The van der Waals surface area contributed by atoms with Crippen LogP contribution in [0, 0.1) is 0 Å². The Bertz CT molecular complexity index is 455. The molecular formula is C14H20N4O. The minimum absolute atomic E-state index is 0.0670. The van der Waals surface area contributed by atoms with E-state index in [4.69, 9.17) is 0 Å². The predicted octanol–water partition coefficient (Wildman–Crippen LogP) is 1.18. The molecule has 1 aliphatic carbocycles. The molecule has 2 heterocycles. The van der Waals surface area contributed by atoms with Crippen molar-refractivity contribution in [1.82, 2.24) is 20.2 Å². The quantitative estimate of drug-likeness (QED) is 0.883. The van der Waals surface area contributed by atoms with Gasteiger partial charge in [-0.1, -0.05) is 0 Å². The highest BCUT2D eigenvalue weighted by Gasteiger charge is 2.26. The number of carbonyl (C=O) groups excluding carboxylic acids is 1. The van der Waals surface area contributed by atoms with Crippen LogP contribution in [0.5, 0.6) is 0 Å². The Morgan fingerprint density at radius 3 is 2.68 bits per heavy atom. The number of carbonyl (C=O) groups is 1. The molecule has 1 aromatic heterocycles. The van der Waals surface area contributed by atoms with Crippen LogP contribution in [0.15, 0.2) is 12.4 Å². The third-order valence-electron chi connectivity index (χ3n) is 4.05. The van der Waals surface area contributed by atoms with E-state index in [1.54, 1.807) is 12.4 Å². The Morgan fingerprint density at radius 1 is 1.37 bits per heavy atom. The first-order valence-electron chi connectivity index (χ1n) is 7.04. The molecule has 1 saturated carbocycles. The van der Waals surface area contributed by atoms with Crippen molar-refractivity contribution in [2.24, 2.45) is 0 Å². The van der Waals surface area contributed by atoms with E-state index in [-0.39, 0.29) is 5.91 Å². The highest BCUT2D eigenvalue weighted by molar-refractivity contribution is 5.93. The fourth-order valence-corrected chi connectivity index (χ4v) is 2.56. The minimum atomic E-state index is -0.0670. The zero-order valence-corrected chi connectivity index (χ0v) is 11.3. The molecule has 19 heavy (non-hydrogen) atoms. The maximum Gasteiger partial charge on any atom is 0.254 e. The summed E-state index contributed by atoms with van der Waals surface area (Å²) in [6, 6.07) is 0.468. The molecule has 0 aromatic carbocycles. The number of likely N-dealkylation sites (N-methyl/N-ethyl adjacent to an activating group) is 1. The van der Waals surface area contributed by atoms with Gasteiger partial charge in [0.25, 0.3) is 5.91 Å². The van der Waals surface area contributed by atoms with Crippen LogP contribution >= 0.6 is 0 Å². The minimum Gasteiger partial charge on any atom is -0.350 e. The van der Waals surface area contributed by atoms with Crippen LogP contribution in [-0.2, 0) is 0 Å². The second kappa shape index (κ2) is 5.25. The summed E-state index contributed by atoms with van der Waals surface area (Å²) in [6.45, 7) is 1.83. The van der Waals surface area contributed by atoms with Crippen LogP contribution in [0.4, 0.5) is 0 Å². The van der Waals surface area contributed by atoms with E-state index in [1.165, 1.54) is 19.3 Å². The summed E-state index contributed by atoms with van der Waals surface area (Å²) >= 11 is 0. The molecule has 2 fully saturated rings. The average molecular weight is 260 g/mol. The predicted molar refractivity (Wildman–Crippen MR) is 72.0 cm³/mol. The summed E-state index contributed by atoms with van der Waals surface area (Å²) < 4.78 is 0. The van der Waals surface area contributed by atoms with Gasteiger partial charge < -0.3 is 10.2 Å². The molecule has 1 N–H and O–H groups in total. The lowest BCUT2D eigenvalue weighted by Crippen LogP contribution is -2.38. The van der Waals surface area contributed by atoms with Crippen LogP contribution in [-0.4, -0.2) is 47.0 Å². The molecule has 1 aromatic rings. The van der Waals surface area contributed by atoms with Crippen LogP contribution in [0.25, 0.3) is 0 Å². The molecule has 0 radical (unpaired) electrons. The maximum absolute atomic E-state index is 12.0. The first-order valence-corrected chi connectivity index (χ1v) is 7.04. The van der Waals surface area contributed by atoms with Crippen molar-refractivity contribution in [3.63, 3.8) is 0 Å². The summed E-state index contributed by atoms with van der Waals surface area (Å²) in [5, 5.41) is 2.98. The molecule has 5 heteroatoms. The second-order valence-corrected chi connectivity index (χ2v) is 5.59. The highest BCUT2D eigenvalue weighted by Crippen LogP contribution is 2.37. The molecule has 1 aliphatic heterocycles. The van der Waals surface area contributed by atoms with Crippen molar-refractivity contribution in [3.05, 3.63) is 23.8 Å². The Labute approximate surface area is 113 Å². The number of amides is 1. The van der Waals surface area contributed by atoms with E-state index < -0.39 is 0 Å². The molecule has 2 aliphatic rings. The number of rotatable bonds is 4. The van der Waals surface area contributed by atoms with E-state index in [1.807, 2.05) is 0 Å². The van der Waals surface area contributed by atoms with Gasteiger partial charge in [0, 0.05) is 30.9 Å². The summed E-state index contributed by atoms with van der Waals surface area (Å²) in [7, 11) is 2.11. The van der Waals surface area contributed by atoms with Crippen molar-refractivity contribution >= 4 is 5.91 Å². The van der Waals surface area contributed by atoms with Crippen LogP contribution in [0.2, 0.25) is 0 Å². The van der Waals surface area contributed by atoms with Crippen molar-refractivity contribution in [2.45, 2.75) is 37.6 Å². The lowest BCUT2D eigenvalue weighted by molar-refractivity contribution is 0.0943. The average Bonchev–Trinajstić information content (AvgIpc) is 3.20. The first-order chi connectivity index (χ1) is 9.24. The van der Waals surface area contributed by atoms with Gasteiger partial charge >= 0.3 is 0 Å². The molecule has 1 unspecified atom stereocenters. The lowest BCUT2D eigenvalue weighted by Gasteiger charge is -2.19. The number of aromatic nitrogens is 2. The Balaban J connectivity index is 1.54. The van der Waals surface area contributed by atoms with Gasteiger partial charge in [-0.05, 0) is 39.3 Å². The van der Waals surface area contributed by atoms with Gasteiger partial charge in [0.1, 0.15) is 5.82 Å². The van der Waals surface area contributed by atoms with E-state index in [9.17, 15) is 4.79 Å². The zero-order chi connectivity index (χ0) is 13.2. The molecule has 1 amide bonds. The van der Waals surface area contributed by atoms with Crippen molar-refractivity contribution in [2.75, 3.05) is 20.1 Å². The van der Waals surface area contributed by atoms with Crippen molar-refractivity contribution in [3.8, 4) is 0 Å². The van der Waals surface area contributed by atoms with Crippen molar-refractivity contribution in [1.29, 1.82) is 0 Å². The summed E-state index contributed by atoms with van der Waals surface area (Å²) in [5.74, 6) is 1.35. The highest BCUT2D eigenvalue weighted by atomic mass is 16.1. The number of hydrogen-bond donors (Lipinski definition) is 1.